The summed E-state index contributed by atoms with van der Waals surface area (Å²) in [5.74, 6) is 0.835. The summed E-state index contributed by atoms with van der Waals surface area (Å²) in [6, 6.07) is 2.97. The number of hydrogen-bond acceptors (Lipinski definition) is 5. The number of hydrogen-bond donors (Lipinski definition) is 1. The molecule has 0 radical (unpaired) electrons. The van der Waals surface area contributed by atoms with Crippen LogP contribution in [0.15, 0.2) is 15.0 Å². The van der Waals surface area contributed by atoms with Crippen molar-refractivity contribution < 1.29 is 4.92 Å². The molecule has 2 saturated heterocycles. The molecule has 0 spiro atoms. The van der Waals surface area contributed by atoms with Gasteiger partial charge in [-0.2, -0.15) is 0 Å². The zero-order valence-electron chi connectivity index (χ0n) is 13.3. The second-order valence-electron chi connectivity index (χ2n) is 6.67. The van der Waals surface area contributed by atoms with E-state index in [4.69, 9.17) is 4.98 Å². The summed E-state index contributed by atoms with van der Waals surface area (Å²) in [6.45, 7) is 6.01. The van der Waals surface area contributed by atoms with E-state index >= 15 is 0 Å². The maximum atomic E-state index is 11.6. The minimum absolute atomic E-state index is 0.0162. The van der Waals surface area contributed by atoms with E-state index in [9.17, 15) is 10.1 Å². The van der Waals surface area contributed by atoms with E-state index in [1.807, 2.05) is 6.07 Å². The third kappa shape index (κ3) is 2.28. The summed E-state index contributed by atoms with van der Waals surface area (Å²) in [4.78, 5) is 18.3. The standard InChI is InChI=1S/C15H17Br2N5O2/c1-7(2)21-11-4-10(16)12(17)14(22(23)24)13(11)19-15(21)20-6-8-3-9(20)5-18-8/h4,7-9,18H,3,5-6H2,1-2H3/t8-,9-/m1/s1. The van der Waals surface area contributed by atoms with Crippen molar-refractivity contribution in [3.8, 4) is 0 Å². The smallest absolute Gasteiger partial charge is 0.312 e. The van der Waals surface area contributed by atoms with E-state index in [1.54, 1.807) is 0 Å². The number of imidazole rings is 1. The Morgan fingerprint density at radius 3 is 2.75 bits per heavy atom. The summed E-state index contributed by atoms with van der Waals surface area (Å²) in [5, 5.41) is 15.1. The van der Waals surface area contributed by atoms with Crippen LogP contribution in [-0.2, 0) is 0 Å². The Morgan fingerprint density at radius 1 is 1.46 bits per heavy atom. The van der Waals surface area contributed by atoms with Crippen molar-refractivity contribution >= 4 is 54.5 Å². The lowest BCUT2D eigenvalue weighted by atomic mass is 10.2. The molecule has 128 valence electrons. The number of halogens is 2. The second kappa shape index (κ2) is 5.67. The molecule has 9 heteroatoms. The van der Waals surface area contributed by atoms with Gasteiger partial charge in [-0.15, -0.1) is 0 Å². The van der Waals surface area contributed by atoms with Gasteiger partial charge < -0.3 is 14.8 Å². The summed E-state index contributed by atoms with van der Waals surface area (Å²) < 4.78 is 3.21. The van der Waals surface area contributed by atoms with E-state index in [0.29, 0.717) is 26.5 Å². The van der Waals surface area contributed by atoms with Crippen LogP contribution in [0.25, 0.3) is 11.0 Å². The molecule has 2 aliphatic rings. The van der Waals surface area contributed by atoms with Gasteiger partial charge in [0, 0.05) is 35.7 Å². The van der Waals surface area contributed by atoms with Crippen molar-refractivity contribution in [1.82, 2.24) is 14.9 Å². The summed E-state index contributed by atoms with van der Waals surface area (Å²) in [5.41, 5.74) is 1.24. The maximum Gasteiger partial charge on any atom is 0.312 e. The first-order valence-corrected chi connectivity index (χ1v) is 9.51. The quantitative estimate of drug-likeness (QED) is 0.561. The second-order valence-corrected chi connectivity index (χ2v) is 8.32. The first-order chi connectivity index (χ1) is 11.4. The molecule has 2 aliphatic heterocycles. The highest BCUT2D eigenvalue weighted by molar-refractivity contribution is 9.13. The number of nitrogens with zero attached hydrogens (tertiary/aromatic N) is 4. The van der Waals surface area contributed by atoms with Crippen LogP contribution in [0.5, 0.6) is 0 Å². The zero-order valence-corrected chi connectivity index (χ0v) is 16.5. The topological polar surface area (TPSA) is 76.2 Å². The molecule has 0 saturated carbocycles. The molecular formula is C15H17Br2N5O2. The highest BCUT2D eigenvalue weighted by atomic mass is 79.9. The number of nitrogens with one attached hydrogen (secondary N) is 1. The SMILES string of the molecule is CC(C)n1c(N2C[C@H]3C[C@@H]2CN3)nc2c([N+](=O)[O-])c(Br)c(Br)cc21. The summed E-state index contributed by atoms with van der Waals surface area (Å²) in [6.07, 6.45) is 1.11. The number of nitro benzene ring substituents is 1. The lowest BCUT2D eigenvalue weighted by Crippen LogP contribution is -2.44. The Bertz CT molecular complexity index is 850. The third-order valence-electron chi connectivity index (χ3n) is 4.85. The zero-order chi connectivity index (χ0) is 17.2. The van der Waals surface area contributed by atoms with E-state index in [-0.39, 0.29) is 16.7 Å². The molecule has 2 fully saturated rings. The number of nitro groups is 1. The van der Waals surface area contributed by atoms with E-state index in [1.165, 1.54) is 0 Å². The number of benzene rings is 1. The monoisotopic (exact) mass is 457 g/mol. The molecule has 2 bridgehead atoms. The van der Waals surface area contributed by atoms with Gasteiger partial charge in [-0.25, -0.2) is 4.98 Å². The summed E-state index contributed by atoms with van der Waals surface area (Å²) in [7, 11) is 0. The lowest BCUT2D eigenvalue weighted by molar-refractivity contribution is -0.384. The van der Waals surface area contributed by atoms with Crippen molar-refractivity contribution in [2.24, 2.45) is 0 Å². The largest absolute Gasteiger partial charge is 0.336 e. The fourth-order valence-electron chi connectivity index (χ4n) is 3.83. The van der Waals surface area contributed by atoms with Crippen LogP contribution >= 0.6 is 31.9 Å². The first-order valence-electron chi connectivity index (χ1n) is 7.92. The van der Waals surface area contributed by atoms with Crippen molar-refractivity contribution in [2.45, 2.75) is 38.4 Å². The van der Waals surface area contributed by atoms with Gasteiger partial charge in [-0.05, 0) is 58.2 Å². The Hall–Kier alpha value is -1.19. The molecule has 1 aromatic heterocycles. The minimum Gasteiger partial charge on any atom is -0.336 e. The molecule has 3 heterocycles. The van der Waals surface area contributed by atoms with Crippen LogP contribution in [0.4, 0.5) is 11.6 Å². The van der Waals surface area contributed by atoms with Crippen LogP contribution < -0.4 is 10.2 Å². The fraction of sp³-hybridized carbons (Fsp3) is 0.533. The fourth-order valence-corrected chi connectivity index (χ4v) is 4.68. The van der Waals surface area contributed by atoms with Gasteiger partial charge in [0.1, 0.15) is 4.47 Å². The molecule has 1 N–H and O–H groups in total. The number of rotatable bonds is 3. The van der Waals surface area contributed by atoms with Gasteiger partial charge in [0.05, 0.1) is 10.4 Å². The molecule has 7 nitrogen and oxygen atoms in total. The molecule has 4 rings (SSSR count). The first kappa shape index (κ1) is 16.3. The van der Waals surface area contributed by atoms with Crippen molar-refractivity contribution in [3.63, 3.8) is 0 Å². The predicted molar refractivity (Wildman–Crippen MR) is 99.7 cm³/mol. The Morgan fingerprint density at radius 2 is 2.21 bits per heavy atom. The summed E-state index contributed by atoms with van der Waals surface area (Å²) >= 11 is 6.76. The molecular weight excluding hydrogens is 442 g/mol. The molecule has 2 atom stereocenters. The van der Waals surface area contributed by atoms with Crippen LogP contribution in [0.2, 0.25) is 0 Å². The van der Waals surface area contributed by atoms with E-state index in [2.05, 4.69) is 60.5 Å². The predicted octanol–water partition coefficient (Wildman–Crippen LogP) is 3.60. The van der Waals surface area contributed by atoms with Crippen LogP contribution in [-0.4, -0.2) is 39.6 Å². The molecule has 2 aromatic rings. The van der Waals surface area contributed by atoms with Crippen LogP contribution in [0, 0.1) is 10.1 Å². The van der Waals surface area contributed by atoms with Crippen molar-refractivity contribution in [3.05, 3.63) is 25.1 Å². The maximum absolute atomic E-state index is 11.6. The number of fused-ring (bicyclic) bond motifs is 3. The normalized spacial score (nSPS) is 23.0. The highest BCUT2D eigenvalue weighted by Gasteiger charge is 2.40. The van der Waals surface area contributed by atoms with E-state index < -0.39 is 0 Å². The molecule has 24 heavy (non-hydrogen) atoms. The molecule has 0 unspecified atom stereocenters. The lowest BCUT2D eigenvalue weighted by Gasteiger charge is -2.30. The van der Waals surface area contributed by atoms with Gasteiger partial charge in [0.25, 0.3) is 0 Å². The van der Waals surface area contributed by atoms with Gasteiger partial charge in [-0.3, -0.25) is 10.1 Å². The molecule has 0 amide bonds. The Labute approximate surface area is 155 Å². The highest BCUT2D eigenvalue weighted by Crippen LogP contribution is 2.42. The molecule has 0 aliphatic carbocycles. The average Bonchev–Trinajstić information content (AvgIpc) is 3.20. The van der Waals surface area contributed by atoms with Crippen LogP contribution in [0.3, 0.4) is 0 Å². The minimum atomic E-state index is -0.365. The van der Waals surface area contributed by atoms with Crippen molar-refractivity contribution in [1.29, 1.82) is 0 Å². The van der Waals surface area contributed by atoms with E-state index in [0.717, 1.165) is 31.0 Å². The number of anilines is 1. The van der Waals surface area contributed by atoms with Gasteiger partial charge >= 0.3 is 5.69 Å². The Kier molecular flexibility index (Phi) is 3.85. The molecule has 1 aromatic carbocycles. The number of aromatic nitrogens is 2. The van der Waals surface area contributed by atoms with Gasteiger partial charge in [0.15, 0.2) is 5.52 Å². The van der Waals surface area contributed by atoms with Gasteiger partial charge in [-0.1, -0.05) is 0 Å². The third-order valence-corrected chi connectivity index (χ3v) is 6.81. The van der Waals surface area contributed by atoms with Crippen molar-refractivity contribution in [2.75, 3.05) is 18.0 Å². The van der Waals surface area contributed by atoms with Crippen LogP contribution in [0.1, 0.15) is 26.3 Å². The van der Waals surface area contributed by atoms with Gasteiger partial charge in [0.2, 0.25) is 5.95 Å². The number of piperazine rings is 1. The Balaban J connectivity index is 1.99. The average molecular weight is 459 g/mol.